The minimum absolute atomic E-state index is 0.00267. The number of nitrogens with one attached hydrogen (secondary N) is 1. The number of carbonyl (C=O) groups excluding carboxylic acids is 1. The Morgan fingerprint density at radius 3 is 2.39 bits per heavy atom. The molecule has 0 unspecified atom stereocenters. The van der Waals surface area contributed by atoms with Gasteiger partial charge in [-0.3, -0.25) is 4.79 Å². The first-order valence-corrected chi connectivity index (χ1v) is 7.39. The zero-order valence-corrected chi connectivity index (χ0v) is 11.8. The summed E-state index contributed by atoms with van der Waals surface area (Å²) in [5.41, 5.74) is -0.246. The van der Waals surface area contributed by atoms with Crippen LogP contribution in [0.5, 0.6) is 0 Å². The van der Waals surface area contributed by atoms with Crippen molar-refractivity contribution in [2.24, 2.45) is 16.7 Å². The molecule has 0 aliphatic heterocycles. The van der Waals surface area contributed by atoms with Crippen molar-refractivity contribution in [2.75, 3.05) is 13.2 Å². The van der Waals surface area contributed by atoms with E-state index in [2.05, 4.69) is 19.2 Å². The van der Waals surface area contributed by atoms with Crippen LogP contribution in [0, 0.1) is 16.7 Å². The monoisotopic (exact) mass is 253 g/mol. The third-order valence-corrected chi connectivity index (χ3v) is 5.05. The lowest BCUT2D eigenvalue weighted by molar-refractivity contribution is -0.128. The maximum absolute atomic E-state index is 12.0. The van der Waals surface area contributed by atoms with Crippen LogP contribution in [0.4, 0.5) is 0 Å². The highest BCUT2D eigenvalue weighted by atomic mass is 16.3. The molecule has 104 valence electrons. The molecule has 0 aromatic rings. The van der Waals surface area contributed by atoms with Crippen LogP contribution < -0.4 is 5.32 Å². The first kappa shape index (κ1) is 13.9. The summed E-state index contributed by atoms with van der Waals surface area (Å²) in [5, 5.41) is 12.3. The van der Waals surface area contributed by atoms with Gasteiger partial charge in [-0.2, -0.15) is 0 Å². The maximum Gasteiger partial charge on any atom is 0.228 e. The van der Waals surface area contributed by atoms with Crippen LogP contribution in [0.3, 0.4) is 0 Å². The van der Waals surface area contributed by atoms with Crippen LogP contribution >= 0.6 is 0 Å². The Labute approximate surface area is 110 Å². The summed E-state index contributed by atoms with van der Waals surface area (Å²) in [7, 11) is 0. The average molecular weight is 253 g/mol. The lowest BCUT2D eigenvalue weighted by atomic mass is 9.71. The topological polar surface area (TPSA) is 49.3 Å². The highest BCUT2D eigenvalue weighted by Crippen LogP contribution is 2.45. The fourth-order valence-corrected chi connectivity index (χ4v) is 3.13. The fraction of sp³-hybridized carbons (Fsp3) is 0.933. The highest BCUT2D eigenvalue weighted by molar-refractivity contribution is 5.85. The van der Waals surface area contributed by atoms with Crippen molar-refractivity contribution in [3.8, 4) is 0 Å². The molecule has 3 nitrogen and oxygen atoms in total. The van der Waals surface area contributed by atoms with Gasteiger partial charge in [0.05, 0.1) is 12.0 Å². The Bertz CT molecular complexity index is 302. The summed E-state index contributed by atoms with van der Waals surface area (Å²) in [5.74, 6) is 0.796. The van der Waals surface area contributed by atoms with Crippen LogP contribution in [0.15, 0.2) is 0 Å². The molecule has 2 rings (SSSR count). The van der Waals surface area contributed by atoms with Crippen LogP contribution in [-0.4, -0.2) is 24.2 Å². The van der Waals surface area contributed by atoms with E-state index in [1.54, 1.807) is 0 Å². The zero-order valence-electron chi connectivity index (χ0n) is 11.8. The standard InChI is InChI=1S/C15H27NO2/c1-14(2,12-6-4-3-5-7-12)10-16-13(18)15(11-17)8-9-15/h12,17H,3-11H2,1-2H3,(H,16,18). The Morgan fingerprint density at radius 1 is 1.28 bits per heavy atom. The molecule has 0 saturated heterocycles. The largest absolute Gasteiger partial charge is 0.395 e. The third-order valence-electron chi connectivity index (χ3n) is 5.05. The number of hydrogen-bond donors (Lipinski definition) is 2. The predicted octanol–water partition coefficient (Wildman–Crippen LogP) is 2.48. The van der Waals surface area contributed by atoms with E-state index >= 15 is 0 Å². The van der Waals surface area contributed by atoms with E-state index in [4.69, 9.17) is 0 Å². The fourth-order valence-electron chi connectivity index (χ4n) is 3.13. The van der Waals surface area contributed by atoms with Gasteiger partial charge in [0.1, 0.15) is 0 Å². The Balaban J connectivity index is 1.82. The smallest absolute Gasteiger partial charge is 0.228 e. The highest BCUT2D eigenvalue weighted by Gasteiger charge is 2.49. The number of hydrogen-bond acceptors (Lipinski definition) is 2. The minimum Gasteiger partial charge on any atom is -0.395 e. The van der Waals surface area contributed by atoms with Gasteiger partial charge in [0.15, 0.2) is 0 Å². The Morgan fingerprint density at radius 2 is 1.89 bits per heavy atom. The second kappa shape index (κ2) is 5.20. The molecule has 0 aromatic heterocycles. The van der Waals surface area contributed by atoms with Crippen molar-refractivity contribution >= 4 is 5.91 Å². The second-order valence-corrected chi connectivity index (χ2v) is 6.94. The van der Waals surface area contributed by atoms with Crippen molar-refractivity contribution in [1.82, 2.24) is 5.32 Å². The summed E-state index contributed by atoms with van der Waals surface area (Å²) in [6.07, 6.45) is 8.33. The van der Waals surface area contributed by atoms with Gasteiger partial charge in [-0.15, -0.1) is 0 Å². The van der Waals surface area contributed by atoms with Crippen LogP contribution in [-0.2, 0) is 4.79 Å². The van der Waals surface area contributed by atoms with Crippen LogP contribution in [0.25, 0.3) is 0 Å². The molecule has 0 spiro atoms. The van der Waals surface area contributed by atoms with Crippen molar-refractivity contribution in [3.05, 3.63) is 0 Å². The molecule has 1 amide bonds. The zero-order chi connectivity index (χ0) is 13.2. The van der Waals surface area contributed by atoms with E-state index in [-0.39, 0.29) is 17.9 Å². The Hall–Kier alpha value is -0.570. The van der Waals surface area contributed by atoms with Crippen molar-refractivity contribution in [3.63, 3.8) is 0 Å². The molecule has 2 fully saturated rings. The molecule has 18 heavy (non-hydrogen) atoms. The van der Waals surface area contributed by atoms with Gasteiger partial charge in [0.2, 0.25) is 5.91 Å². The minimum atomic E-state index is -0.428. The summed E-state index contributed by atoms with van der Waals surface area (Å²) < 4.78 is 0. The second-order valence-electron chi connectivity index (χ2n) is 6.94. The van der Waals surface area contributed by atoms with Gasteiger partial charge in [0.25, 0.3) is 0 Å². The van der Waals surface area contributed by atoms with Crippen LogP contribution in [0.1, 0.15) is 58.8 Å². The first-order chi connectivity index (χ1) is 8.50. The van der Waals surface area contributed by atoms with Gasteiger partial charge >= 0.3 is 0 Å². The molecular weight excluding hydrogens is 226 g/mol. The number of aliphatic hydroxyl groups is 1. The normalized spacial score (nSPS) is 23.7. The van der Waals surface area contributed by atoms with Crippen molar-refractivity contribution in [1.29, 1.82) is 0 Å². The molecule has 2 aliphatic carbocycles. The molecule has 2 N–H and O–H groups in total. The molecule has 0 aromatic carbocycles. The van der Waals surface area contributed by atoms with Crippen molar-refractivity contribution in [2.45, 2.75) is 58.8 Å². The molecule has 0 bridgehead atoms. The molecule has 2 saturated carbocycles. The molecule has 0 atom stereocenters. The lowest BCUT2D eigenvalue weighted by Gasteiger charge is -2.37. The summed E-state index contributed by atoms with van der Waals surface area (Å²) in [6.45, 7) is 5.28. The van der Waals surface area contributed by atoms with E-state index in [0.717, 1.165) is 25.3 Å². The number of amides is 1. The number of carbonyl (C=O) groups is 1. The SMILES string of the molecule is CC(C)(CNC(=O)C1(CO)CC1)C1CCCCC1. The van der Waals surface area contributed by atoms with Crippen LogP contribution in [0.2, 0.25) is 0 Å². The predicted molar refractivity (Wildman–Crippen MR) is 72.1 cm³/mol. The molecule has 0 heterocycles. The number of aliphatic hydroxyl groups excluding tert-OH is 1. The lowest BCUT2D eigenvalue weighted by Crippen LogP contribution is -2.43. The summed E-state index contributed by atoms with van der Waals surface area (Å²) >= 11 is 0. The first-order valence-electron chi connectivity index (χ1n) is 7.39. The molecular formula is C15H27NO2. The number of rotatable bonds is 5. The molecule has 2 aliphatic rings. The van der Waals surface area contributed by atoms with E-state index in [1.807, 2.05) is 0 Å². The van der Waals surface area contributed by atoms with E-state index in [1.165, 1.54) is 32.1 Å². The van der Waals surface area contributed by atoms with Gasteiger partial charge in [0, 0.05) is 6.54 Å². The summed E-state index contributed by atoms with van der Waals surface area (Å²) in [4.78, 5) is 12.0. The maximum atomic E-state index is 12.0. The summed E-state index contributed by atoms with van der Waals surface area (Å²) in [6, 6.07) is 0. The van der Waals surface area contributed by atoms with E-state index in [0.29, 0.717) is 0 Å². The van der Waals surface area contributed by atoms with Gasteiger partial charge in [-0.05, 0) is 37.0 Å². The average Bonchev–Trinajstić information content (AvgIpc) is 3.18. The third kappa shape index (κ3) is 2.87. The molecule has 0 radical (unpaired) electrons. The van der Waals surface area contributed by atoms with E-state index in [9.17, 15) is 9.90 Å². The Kier molecular flexibility index (Phi) is 4.00. The van der Waals surface area contributed by atoms with Gasteiger partial charge in [-0.1, -0.05) is 33.1 Å². The quantitative estimate of drug-likeness (QED) is 0.791. The van der Waals surface area contributed by atoms with Crippen molar-refractivity contribution < 1.29 is 9.90 Å². The van der Waals surface area contributed by atoms with Gasteiger partial charge < -0.3 is 10.4 Å². The van der Waals surface area contributed by atoms with Gasteiger partial charge in [-0.25, -0.2) is 0 Å². The molecule has 3 heteroatoms. The van der Waals surface area contributed by atoms with E-state index < -0.39 is 5.41 Å².